The molecular weight excluding hydrogens is 426 g/mol. The van der Waals surface area contributed by atoms with Gasteiger partial charge in [0.05, 0.1) is 42.2 Å². The van der Waals surface area contributed by atoms with E-state index in [-0.39, 0.29) is 33.7 Å². The fourth-order valence-electron chi connectivity index (χ4n) is 3.08. The molecule has 0 aliphatic rings. The predicted octanol–water partition coefficient (Wildman–Crippen LogP) is 4.30. The van der Waals surface area contributed by atoms with Crippen molar-refractivity contribution in [2.45, 2.75) is 46.8 Å². The summed E-state index contributed by atoms with van der Waals surface area (Å²) in [5.41, 5.74) is 1.48. The Kier molecular flexibility index (Phi) is 7.73. The number of nitrogens with one attached hydrogen (secondary N) is 1. The van der Waals surface area contributed by atoms with Crippen molar-refractivity contribution in [3.8, 4) is 11.5 Å². The second kappa shape index (κ2) is 9.87. The molecule has 0 bridgehead atoms. The monoisotopic (exact) mass is 451 g/mol. The first-order chi connectivity index (χ1) is 14.5. The number of esters is 2. The van der Waals surface area contributed by atoms with Crippen LogP contribution >= 0.6 is 11.6 Å². The summed E-state index contributed by atoms with van der Waals surface area (Å²) in [6.07, 6.45) is -1.27. The van der Waals surface area contributed by atoms with E-state index in [2.05, 4.69) is 4.98 Å². The summed E-state index contributed by atoms with van der Waals surface area (Å²) in [5.74, 6) is -1.22. The van der Waals surface area contributed by atoms with Crippen LogP contribution in [0.2, 0.25) is 5.02 Å². The van der Waals surface area contributed by atoms with E-state index in [0.29, 0.717) is 17.0 Å². The number of aromatic amines is 1. The van der Waals surface area contributed by atoms with Crippen LogP contribution in [-0.4, -0.2) is 49.1 Å². The van der Waals surface area contributed by atoms with Gasteiger partial charge in [0.15, 0.2) is 17.6 Å². The number of benzene rings is 1. The van der Waals surface area contributed by atoms with Gasteiger partial charge < -0.3 is 23.9 Å². The van der Waals surface area contributed by atoms with Crippen molar-refractivity contribution in [1.82, 2.24) is 4.98 Å². The zero-order valence-corrected chi connectivity index (χ0v) is 19.3. The first kappa shape index (κ1) is 24.3. The fourth-order valence-corrected chi connectivity index (χ4v) is 3.33. The molecule has 1 atom stereocenters. The SMILES string of the molecule is COC(=O)c1c(C)[nH]c(C(=O)C(C)OC(=O)c2cc(Cl)c(OC(C)C)c(OC)c2)c1C. The molecule has 9 heteroatoms. The maximum absolute atomic E-state index is 12.8. The van der Waals surface area contributed by atoms with E-state index in [4.69, 9.17) is 30.5 Å². The number of methoxy groups -OCH3 is 2. The smallest absolute Gasteiger partial charge is 0.339 e. The first-order valence-corrected chi connectivity index (χ1v) is 9.96. The molecule has 168 valence electrons. The number of hydrogen-bond donors (Lipinski definition) is 1. The molecule has 0 fully saturated rings. The second-order valence-corrected chi connectivity index (χ2v) is 7.59. The van der Waals surface area contributed by atoms with Crippen molar-refractivity contribution in [3.63, 3.8) is 0 Å². The van der Waals surface area contributed by atoms with Crippen LogP contribution < -0.4 is 9.47 Å². The third kappa shape index (κ3) is 5.19. The average molecular weight is 452 g/mol. The number of carbonyl (C=O) groups is 3. The number of ketones is 1. The number of ether oxygens (including phenoxy) is 4. The van der Waals surface area contributed by atoms with E-state index in [0.717, 1.165) is 0 Å². The van der Waals surface area contributed by atoms with Crippen LogP contribution in [0.25, 0.3) is 0 Å². The van der Waals surface area contributed by atoms with E-state index >= 15 is 0 Å². The van der Waals surface area contributed by atoms with Gasteiger partial charge in [-0.25, -0.2) is 9.59 Å². The van der Waals surface area contributed by atoms with Crippen molar-refractivity contribution >= 4 is 29.3 Å². The third-order valence-electron chi connectivity index (χ3n) is 4.55. The Morgan fingerprint density at radius 3 is 2.23 bits per heavy atom. The number of aromatic nitrogens is 1. The average Bonchev–Trinajstić information content (AvgIpc) is 3.01. The molecule has 1 N–H and O–H groups in total. The van der Waals surface area contributed by atoms with Gasteiger partial charge in [-0.15, -0.1) is 0 Å². The molecule has 1 aromatic carbocycles. The number of aryl methyl sites for hydroxylation is 1. The summed E-state index contributed by atoms with van der Waals surface area (Å²) in [5, 5.41) is 0.178. The van der Waals surface area contributed by atoms with E-state index in [1.54, 1.807) is 13.8 Å². The number of hydrogen-bond acceptors (Lipinski definition) is 7. The zero-order chi connectivity index (χ0) is 23.5. The van der Waals surface area contributed by atoms with Gasteiger partial charge in [0.25, 0.3) is 0 Å². The van der Waals surface area contributed by atoms with Crippen LogP contribution in [0.3, 0.4) is 0 Å². The lowest BCUT2D eigenvalue weighted by molar-refractivity contribution is 0.0316. The fraction of sp³-hybridized carbons (Fsp3) is 0.409. The highest BCUT2D eigenvalue weighted by molar-refractivity contribution is 6.32. The van der Waals surface area contributed by atoms with Crippen molar-refractivity contribution in [2.75, 3.05) is 14.2 Å². The molecule has 0 spiro atoms. The second-order valence-electron chi connectivity index (χ2n) is 7.18. The summed E-state index contributed by atoms with van der Waals surface area (Å²) in [4.78, 5) is 40.3. The minimum Gasteiger partial charge on any atom is -0.493 e. The first-order valence-electron chi connectivity index (χ1n) is 9.58. The van der Waals surface area contributed by atoms with Gasteiger partial charge in [-0.2, -0.15) is 0 Å². The molecule has 1 unspecified atom stereocenters. The maximum Gasteiger partial charge on any atom is 0.339 e. The summed E-state index contributed by atoms with van der Waals surface area (Å²) in [6.45, 7) is 8.39. The maximum atomic E-state index is 12.8. The quantitative estimate of drug-likeness (QED) is 0.471. The van der Waals surface area contributed by atoms with Crippen LogP contribution in [0.4, 0.5) is 0 Å². The molecule has 31 heavy (non-hydrogen) atoms. The summed E-state index contributed by atoms with van der Waals surface area (Å²) in [6, 6.07) is 2.82. The van der Waals surface area contributed by atoms with E-state index in [1.807, 2.05) is 13.8 Å². The van der Waals surface area contributed by atoms with Crippen molar-refractivity contribution < 1.29 is 33.3 Å². The Hall–Kier alpha value is -3.00. The number of rotatable bonds is 8. The van der Waals surface area contributed by atoms with Gasteiger partial charge in [0.1, 0.15) is 0 Å². The van der Waals surface area contributed by atoms with Gasteiger partial charge in [-0.3, -0.25) is 4.79 Å². The molecule has 0 saturated carbocycles. The molecule has 1 aromatic heterocycles. The number of Topliss-reactive ketones (excluding diaryl/α,β-unsaturated/α-hetero) is 1. The number of halogens is 1. The minimum absolute atomic E-state index is 0.104. The molecule has 0 radical (unpaired) electrons. The lowest BCUT2D eigenvalue weighted by atomic mass is 10.1. The van der Waals surface area contributed by atoms with Crippen LogP contribution in [-0.2, 0) is 9.47 Å². The van der Waals surface area contributed by atoms with E-state index in [9.17, 15) is 14.4 Å². The molecule has 0 saturated heterocycles. The minimum atomic E-state index is -1.12. The predicted molar refractivity (Wildman–Crippen MR) is 115 cm³/mol. The summed E-state index contributed by atoms with van der Waals surface area (Å²) < 4.78 is 21.0. The Morgan fingerprint density at radius 2 is 1.68 bits per heavy atom. The van der Waals surface area contributed by atoms with Gasteiger partial charge in [0, 0.05) is 5.69 Å². The van der Waals surface area contributed by atoms with Crippen molar-refractivity contribution in [3.05, 3.63) is 45.2 Å². The highest BCUT2D eigenvalue weighted by Crippen LogP contribution is 2.37. The lowest BCUT2D eigenvalue weighted by Gasteiger charge is -2.17. The Labute approximate surface area is 185 Å². The lowest BCUT2D eigenvalue weighted by Crippen LogP contribution is -2.25. The Bertz CT molecular complexity index is 1010. The van der Waals surface area contributed by atoms with Crippen molar-refractivity contribution in [2.24, 2.45) is 0 Å². The van der Waals surface area contributed by atoms with Crippen molar-refractivity contribution in [1.29, 1.82) is 0 Å². The molecule has 0 aliphatic heterocycles. The van der Waals surface area contributed by atoms with Gasteiger partial charge in [-0.05, 0) is 52.3 Å². The largest absolute Gasteiger partial charge is 0.493 e. The van der Waals surface area contributed by atoms with Crippen LogP contribution in [0.1, 0.15) is 63.2 Å². The molecule has 8 nitrogen and oxygen atoms in total. The molecule has 0 amide bonds. The van der Waals surface area contributed by atoms with E-state index in [1.165, 1.54) is 33.3 Å². The molecule has 0 aliphatic carbocycles. The zero-order valence-electron chi connectivity index (χ0n) is 18.5. The van der Waals surface area contributed by atoms with Crippen LogP contribution in [0, 0.1) is 13.8 Å². The molecule has 2 aromatic rings. The molecule has 1 heterocycles. The Morgan fingerprint density at radius 1 is 1.03 bits per heavy atom. The summed E-state index contributed by atoms with van der Waals surface area (Å²) >= 11 is 6.25. The van der Waals surface area contributed by atoms with Gasteiger partial charge >= 0.3 is 11.9 Å². The number of carbonyl (C=O) groups excluding carboxylic acids is 3. The Balaban J connectivity index is 2.26. The van der Waals surface area contributed by atoms with Crippen LogP contribution in [0.5, 0.6) is 11.5 Å². The normalized spacial score (nSPS) is 11.8. The van der Waals surface area contributed by atoms with E-state index < -0.39 is 23.8 Å². The topological polar surface area (TPSA) is 104 Å². The third-order valence-corrected chi connectivity index (χ3v) is 4.83. The number of H-pyrrole nitrogens is 1. The highest BCUT2D eigenvalue weighted by atomic mass is 35.5. The molecule has 2 rings (SSSR count). The van der Waals surface area contributed by atoms with Gasteiger partial charge in [-0.1, -0.05) is 11.6 Å². The van der Waals surface area contributed by atoms with Crippen LogP contribution in [0.15, 0.2) is 12.1 Å². The highest BCUT2D eigenvalue weighted by Gasteiger charge is 2.28. The van der Waals surface area contributed by atoms with Gasteiger partial charge in [0.2, 0.25) is 5.78 Å². The summed E-state index contributed by atoms with van der Waals surface area (Å²) in [7, 11) is 2.69. The molecular formula is C22H26ClNO7. The standard InChI is InChI=1S/C22H26ClNO7/c1-10(2)30-20-15(23)8-14(9-16(20)28-6)21(26)31-13(5)19(25)18-11(3)17(12(4)24-18)22(27)29-7/h8-10,13,24H,1-7H3.